The molecule has 1 atom stereocenters. The Kier molecular flexibility index (Phi) is 4.84. The van der Waals surface area contributed by atoms with Gasteiger partial charge in [0.2, 0.25) is 0 Å². The summed E-state index contributed by atoms with van der Waals surface area (Å²) in [5.74, 6) is -3.62. The fourth-order valence-corrected chi connectivity index (χ4v) is 3.89. The van der Waals surface area contributed by atoms with Gasteiger partial charge in [-0.25, -0.2) is 12.8 Å². The molecule has 1 unspecified atom stereocenters. The number of hydrogen-bond donors (Lipinski definition) is 1. The summed E-state index contributed by atoms with van der Waals surface area (Å²) in [6, 6.07) is 5.11. The van der Waals surface area contributed by atoms with Crippen LogP contribution in [-0.4, -0.2) is 24.7 Å². The molecule has 1 N–H and O–H groups in total. The second kappa shape index (κ2) is 6.01. The van der Waals surface area contributed by atoms with Gasteiger partial charge in [0.15, 0.2) is 15.1 Å². The Morgan fingerprint density at radius 2 is 2.05 bits per heavy atom. The van der Waals surface area contributed by atoms with E-state index in [4.69, 9.17) is 10.4 Å². The third-order valence-electron chi connectivity index (χ3n) is 2.77. The molecule has 7 heteroatoms. The predicted octanol–water partition coefficient (Wildman–Crippen LogP) is 1.72. The Balaban J connectivity index is 3.20. The maximum atomic E-state index is 13.6. The fraction of sp³-hybridized carbons (Fsp3) is 0.385. The van der Waals surface area contributed by atoms with Gasteiger partial charge in [0, 0.05) is 5.56 Å². The number of carboxylic acid groups (broad SMARTS) is 1. The molecule has 20 heavy (non-hydrogen) atoms. The predicted molar refractivity (Wildman–Crippen MR) is 70.0 cm³/mol. The molecule has 0 saturated carbocycles. The number of nitriles is 1. The summed E-state index contributed by atoms with van der Waals surface area (Å²) in [5, 5.41) is 16.1. The van der Waals surface area contributed by atoms with Crippen molar-refractivity contribution in [1.29, 1.82) is 5.26 Å². The molecular weight excluding hydrogens is 285 g/mol. The zero-order chi connectivity index (χ0) is 15.5. The number of aliphatic carboxylic acids is 1. The first-order chi connectivity index (χ1) is 9.19. The van der Waals surface area contributed by atoms with E-state index in [-0.39, 0.29) is 11.1 Å². The fourth-order valence-electron chi connectivity index (χ4n) is 1.91. The maximum absolute atomic E-state index is 13.6. The molecule has 0 bridgehead atoms. The monoisotopic (exact) mass is 299 g/mol. The standard InChI is InChI=1S/C13H14FNO4S/c1-8(2)12(13(16)17)20(18,19)7-10-5-9(6-15)3-4-11(10)14/h3-5,8,12H,7H2,1-2H3,(H,16,17). The number of rotatable bonds is 5. The summed E-state index contributed by atoms with van der Waals surface area (Å²) < 4.78 is 37.8. The van der Waals surface area contributed by atoms with Crippen molar-refractivity contribution in [3.8, 4) is 6.07 Å². The van der Waals surface area contributed by atoms with E-state index in [0.29, 0.717) is 0 Å². The Bertz CT molecular complexity index is 661. The molecule has 0 aliphatic carbocycles. The van der Waals surface area contributed by atoms with Crippen LogP contribution >= 0.6 is 0 Å². The van der Waals surface area contributed by atoms with Crippen molar-refractivity contribution in [3.63, 3.8) is 0 Å². The highest BCUT2D eigenvalue weighted by atomic mass is 32.2. The second-order valence-corrected chi connectivity index (χ2v) is 6.85. The molecule has 108 valence electrons. The Morgan fingerprint density at radius 1 is 1.45 bits per heavy atom. The molecular formula is C13H14FNO4S. The molecule has 0 aliphatic heterocycles. The summed E-state index contributed by atoms with van der Waals surface area (Å²) in [6.07, 6.45) is 0. The molecule has 0 aliphatic rings. The van der Waals surface area contributed by atoms with Gasteiger partial charge < -0.3 is 5.11 Å². The van der Waals surface area contributed by atoms with E-state index in [0.717, 1.165) is 12.1 Å². The van der Waals surface area contributed by atoms with Crippen molar-refractivity contribution in [2.45, 2.75) is 24.9 Å². The van der Waals surface area contributed by atoms with Crippen LogP contribution in [-0.2, 0) is 20.4 Å². The van der Waals surface area contributed by atoms with Gasteiger partial charge >= 0.3 is 5.97 Å². The quantitative estimate of drug-likeness (QED) is 0.893. The zero-order valence-corrected chi connectivity index (χ0v) is 11.8. The smallest absolute Gasteiger partial charge is 0.322 e. The number of nitrogens with zero attached hydrogens (tertiary/aromatic N) is 1. The van der Waals surface area contributed by atoms with E-state index >= 15 is 0 Å². The van der Waals surface area contributed by atoms with Gasteiger partial charge in [-0.2, -0.15) is 5.26 Å². The van der Waals surface area contributed by atoms with Gasteiger partial charge in [0.25, 0.3) is 0 Å². The third kappa shape index (κ3) is 3.54. The molecule has 5 nitrogen and oxygen atoms in total. The van der Waals surface area contributed by atoms with Gasteiger partial charge in [-0.1, -0.05) is 13.8 Å². The minimum Gasteiger partial charge on any atom is -0.480 e. The Hall–Kier alpha value is -1.94. The van der Waals surface area contributed by atoms with Crippen LogP contribution in [0.4, 0.5) is 4.39 Å². The molecule has 0 aromatic heterocycles. The van der Waals surface area contributed by atoms with Crippen LogP contribution in [0, 0.1) is 23.1 Å². The van der Waals surface area contributed by atoms with Gasteiger partial charge in [-0.15, -0.1) is 0 Å². The third-order valence-corrected chi connectivity index (χ3v) is 5.00. The second-order valence-electron chi connectivity index (χ2n) is 4.73. The lowest BCUT2D eigenvalue weighted by Crippen LogP contribution is -2.36. The number of benzene rings is 1. The lowest BCUT2D eigenvalue weighted by Gasteiger charge is -2.17. The average Bonchev–Trinajstić information content (AvgIpc) is 2.29. The molecule has 0 radical (unpaired) electrons. The van der Waals surface area contributed by atoms with Crippen molar-refractivity contribution in [1.82, 2.24) is 0 Å². The van der Waals surface area contributed by atoms with Crippen LogP contribution in [0.5, 0.6) is 0 Å². The zero-order valence-electron chi connectivity index (χ0n) is 11.0. The van der Waals surface area contributed by atoms with E-state index in [1.54, 1.807) is 6.07 Å². The highest BCUT2D eigenvalue weighted by molar-refractivity contribution is 7.92. The highest BCUT2D eigenvalue weighted by Gasteiger charge is 2.35. The first-order valence-corrected chi connectivity index (χ1v) is 7.53. The summed E-state index contributed by atoms with van der Waals surface area (Å²) >= 11 is 0. The van der Waals surface area contributed by atoms with Crippen LogP contribution in [0.25, 0.3) is 0 Å². The molecule has 0 fully saturated rings. The molecule has 1 rings (SSSR count). The molecule has 1 aromatic carbocycles. The summed E-state index contributed by atoms with van der Waals surface area (Å²) in [4.78, 5) is 11.1. The molecule has 0 saturated heterocycles. The van der Waals surface area contributed by atoms with Crippen molar-refractivity contribution in [3.05, 3.63) is 35.1 Å². The van der Waals surface area contributed by atoms with Crippen LogP contribution < -0.4 is 0 Å². The molecule has 0 spiro atoms. The first-order valence-electron chi connectivity index (χ1n) is 5.82. The van der Waals surface area contributed by atoms with E-state index in [9.17, 15) is 17.6 Å². The molecule has 0 heterocycles. The van der Waals surface area contributed by atoms with E-state index in [1.807, 2.05) is 0 Å². The summed E-state index contributed by atoms with van der Waals surface area (Å²) in [6.45, 7) is 2.94. The summed E-state index contributed by atoms with van der Waals surface area (Å²) in [5.41, 5.74) is -0.0797. The van der Waals surface area contributed by atoms with E-state index in [2.05, 4.69) is 0 Å². The van der Waals surface area contributed by atoms with E-state index in [1.165, 1.54) is 19.9 Å². The Labute approximate surface area is 116 Å². The maximum Gasteiger partial charge on any atom is 0.322 e. The lowest BCUT2D eigenvalue weighted by molar-refractivity contribution is -0.137. The number of carboxylic acids is 1. The lowest BCUT2D eigenvalue weighted by atomic mass is 10.1. The Morgan fingerprint density at radius 3 is 2.50 bits per heavy atom. The van der Waals surface area contributed by atoms with Gasteiger partial charge in [0.05, 0.1) is 17.4 Å². The van der Waals surface area contributed by atoms with Gasteiger partial charge in [-0.3, -0.25) is 4.79 Å². The molecule has 1 aromatic rings. The number of sulfone groups is 1. The van der Waals surface area contributed by atoms with Gasteiger partial charge in [-0.05, 0) is 24.1 Å². The van der Waals surface area contributed by atoms with Crippen molar-refractivity contribution in [2.24, 2.45) is 5.92 Å². The minimum absolute atomic E-state index is 0.119. The van der Waals surface area contributed by atoms with Crippen LogP contribution in [0.15, 0.2) is 18.2 Å². The van der Waals surface area contributed by atoms with Crippen molar-refractivity contribution in [2.75, 3.05) is 0 Å². The first kappa shape index (κ1) is 16.1. The average molecular weight is 299 g/mol. The van der Waals surface area contributed by atoms with Crippen molar-refractivity contribution < 1.29 is 22.7 Å². The van der Waals surface area contributed by atoms with E-state index < -0.39 is 38.5 Å². The normalized spacial score (nSPS) is 12.9. The van der Waals surface area contributed by atoms with Crippen LogP contribution in [0.2, 0.25) is 0 Å². The SMILES string of the molecule is CC(C)C(C(=O)O)S(=O)(=O)Cc1cc(C#N)ccc1F. The molecule has 0 amide bonds. The number of carbonyl (C=O) groups is 1. The number of halogens is 1. The van der Waals surface area contributed by atoms with Crippen LogP contribution in [0.1, 0.15) is 25.0 Å². The van der Waals surface area contributed by atoms with Gasteiger partial charge in [0.1, 0.15) is 5.82 Å². The minimum atomic E-state index is -4.07. The van der Waals surface area contributed by atoms with Crippen molar-refractivity contribution >= 4 is 15.8 Å². The summed E-state index contributed by atoms with van der Waals surface area (Å²) in [7, 11) is -4.07. The van der Waals surface area contributed by atoms with Crippen LogP contribution in [0.3, 0.4) is 0 Å². The highest BCUT2D eigenvalue weighted by Crippen LogP contribution is 2.20. The topological polar surface area (TPSA) is 95.2 Å². The number of hydrogen-bond acceptors (Lipinski definition) is 4. The largest absolute Gasteiger partial charge is 0.480 e.